The standard InChI is InChI=1S/C21H21N.C4H12N/c1-4-10-19(11-5-1)16-22(17-20-12-6-2-7-13-20)18-21-14-8-3-9-15-21;1-5(2,3)4/h1-15H,16-18H2;1-4H3/q;+1. The number of hydrogen-bond acceptors (Lipinski definition) is 1. The first-order valence-corrected chi connectivity index (χ1v) is 9.53. The molecule has 0 heterocycles. The Bertz CT molecular complexity index is 642. The second-order valence-electron chi connectivity index (χ2n) is 8.29. The van der Waals surface area contributed by atoms with Gasteiger partial charge in [-0.2, -0.15) is 0 Å². The summed E-state index contributed by atoms with van der Waals surface area (Å²) >= 11 is 0. The zero-order valence-corrected chi connectivity index (χ0v) is 17.2. The van der Waals surface area contributed by atoms with Crippen LogP contribution < -0.4 is 0 Å². The van der Waals surface area contributed by atoms with Gasteiger partial charge in [0.2, 0.25) is 0 Å². The normalized spacial score (nSPS) is 11.0. The highest BCUT2D eigenvalue weighted by Gasteiger charge is 2.08. The van der Waals surface area contributed by atoms with Gasteiger partial charge in [-0.1, -0.05) is 91.0 Å². The average Bonchev–Trinajstić information content (AvgIpc) is 2.63. The maximum atomic E-state index is 2.49. The monoisotopic (exact) mass is 361 g/mol. The smallest absolute Gasteiger partial charge is 0.0675 e. The molecule has 0 aliphatic carbocycles. The molecule has 0 saturated carbocycles. The van der Waals surface area contributed by atoms with Crippen molar-refractivity contribution < 1.29 is 4.48 Å². The summed E-state index contributed by atoms with van der Waals surface area (Å²) in [6.07, 6.45) is 0. The van der Waals surface area contributed by atoms with E-state index in [9.17, 15) is 0 Å². The van der Waals surface area contributed by atoms with Gasteiger partial charge in [-0.3, -0.25) is 4.90 Å². The van der Waals surface area contributed by atoms with Crippen LogP contribution in [-0.4, -0.2) is 37.6 Å². The van der Waals surface area contributed by atoms with Crippen LogP contribution in [0.3, 0.4) is 0 Å². The van der Waals surface area contributed by atoms with Crippen LogP contribution in [-0.2, 0) is 19.6 Å². The molecule has 0 unspecified atom stereocenters. The van der Waals surface area contributed by atoms with Crippen molar-refractivity contribution in [3.8, 4) is 0 Å². The van der Waals surface area contributed by atoms with Crippen LogP contribution in [0.5, 0.6) is 0 Å². The van der Waals surface area contributed by atoms with E-state index in [1.54, 1.807) is 0 Å². The van der Waals surface area contributed by atoms with Gasteiger partial charge in [-0.25, -0.2) is 0 Å². The third kappa shape index (κ3) is 9.74. The first-order valence-electron chi connectivity index (χ1n) is 9.53. The van der Waals surface area contributed by atoms with Crippen LogP contribution >= 0.6 is 0 Å². The molecular formula is C25H33N2+. The van der Waals surface area contributed by atoms with Gasteiger partial charge in [-0.05, 0) is 16.7 Å². The number of quaternary nitrogens is 1. The lowest BCUT2D eigenvalue weighted by Gasteiger charge is -2.23. The van der Waals surface area contributed by atoms with E-state index in [1.807, 2.05) is 0 Å². The highest BCUT2D eigenvalue weighted by molar-refractivity contribution is 5.19. The summed E-state index contributed by atoms with van der Waals surface area (Å²) in [4.78, 5) is 2.49. The third-order valence-corrected chi connectivity index (χ3v) is 3.75. The summed E-state index contributed by atoms with van der Waals surface area (Å²) in [7, 11) is 8.50. The van der Waals surface area contributed by atoms with Crippen molar-refractivity contribution in [2.75, 3.05) is 28.2 Å². The zero-order chi connectivity index (χ0) is 19.5. The van der Waals surface area contributed by atoms with Gasteiger partial charge in [0.25, 0.3) is 0 Å². The topological polar surface area (TPSA) is 3.24 Å². The van der Waals surface area contributed by atoms with Gasteiger partial charge >= 0.3 is 0 Å². The van der Waals surface area contributed by atoms with Crippen molar-refractivity contribution in [1.29, 1.82) is 0 Å². The Morgan fingerprint density at radius 1 is 0.481 bits per heavy atom. The van der Waals surface area contributed by atoms with Gasteiger partial charge in [-0.15, -0.1) is 0 Å². The van der Waals surface area contributed by atoms with E-state index >= 15 is 0 Å². The Hall–Kier alpha value is -2.42. The molecule has 0 saturated heterocycles. The Morgan fingerprint density at radius 3 is 0.926 bits per heavy atom. The lowest BCUT2D eigenvalue weighted by Crippen LogP contribution is -2.27. The van der Waals surface area contributed by atoms with E-state index in [1.165, 1.54) is 16.7 Å². The molecule has 0 aromatic heterocycles. The Balaban J connectivity index is 0.000000465. The van der Waals surface area contributed by atoms with Gasteiger partial charge in [0.05, 0.1) is 28.2 Å². The fourth-order valence-electron chi connectivity index (χ4n) is 2.69. The van der Waals surface area contributed by atoms with E-state index in [0.29, 0.717) is 0 Å². The summed E-state index contributed by atoms with van der Waals surface area (Å²) in [5, 5.41) is 0. The van der Waals surface area contributed by atoms with Crippen LogP contribution in [0.15, 0.2) is 91.0 Å². The van der Waals surface area contributed by atoms with Crippen molar-refractivity contribution in [2.24, 2.45) is 0 Å². The molecule has 0 fully saturated rings. The Kier molecular flexibility index (Phi) is 8.25. The lowest BCUT2D eigenvalue weighted by atomic mass is 10.1. The Labute approximate surface area is 165 Å². The predicted molar refractivity (Wildman–Crippen MR) is 116 cm³/mol. The van der Waals surface area contributed by atoms with Crippen LogP contribution in [0, 0.1) is 0 Å². The summed E-state index contributed by atoms with van der Waals surface area (Å²) < 4.78 is 1.00. The van der Waals surface area contributed by atoms with Crippen LogP contribution in [0.4, 0.5) is 0 Å². The van der Waals surface area contributed by atoms with E-state index < -0.39 is 0 Å². The highest BCUT2D eigenvalue weighted by atomic mass is 15.2. The minimum Gasteiger partial charge on any atom is -0.333 e. The second-order valence-corrected chi connectivity index (χ2v) is 8.29. The second kappa shape index (κ2) is 10.7. The highest BCUT2D eigenvalue weighted by Crippen LogP contribution is 2.14. The largest absolute Gasteiger partial charge is 0.333 e. The predicted octanol–water partition coefficient (Wildman–Crippen LogP) is 5.21. The van der Waals surface area contributed by atoms with Crippen LogP contribution in [0.25, 0.3) is 0 Å². The number of benzene rings is 3. The van der Waals surface area contributed by atoms with Crippen molar-refractivity contribution in [3.63, 3.8) is 0 Å². The third-order valence-electron chi connectivity index (χ3n) is 3.75. The molecule has 27 heavy (non-hydrogen) atoms. The number of hydrogen-bond donors (Lipinski definition) is 0. The van der Waals surface area contributed by atoms with Gasteiger partial charge in [0, 0.05) is 19.6 Å². The molecule has 0 atom stereocenters. The molecule has 0 aliphatic heterocycles. The quantitative estimate of drug-likeness (QED) is 0.545. The van der Waals surface area contributed by atoms with Gasteiger partial charge in [0.15, 0.2) is 0 Å². The molecule has 3 rings (SSSR count). The van der Waals surface area contributed by atoms with Crippen molar-refractivity contribution in [2.45, 2.75) is 19.6 Å². The summed E-state index contributed by atoms with van der Waals surface area (Å²) in [6, 6.07) is 32.1. The number of rotatable bonds is 6. The molecule has 142 valence electrons. The molecule has 0 aliphatic rings. The molecule has 0 radical (unpaired) electrons. The molecule has 2 nitrogen and oxygen atoms in total. The summed E-state index contributed by atoms with van der Waals surface area (Å²) in [6.45, 7) is 2.89. The molecule has 0 spiro atoms. The molecule has 2 heteroatoms. The number of nitrogens with zero attached hydrogens (tertiary/aromatic N) is 2. The maximum absolute atomic E-state index is 2.49. The SMILES string of the molecule is C[N+](C)(C)C.c1ccc(CN(Cc2ccccc2)Cc2ccccc2)cc1. The fourth-order valence-corrected chi connectivity index (χ4v) is 2.69. The van der Waals surface area contributed by atoms with Crippen molar-refractivity contribution in [3.05, 3.63) is 108 Å². The van der Waals surface area contributed by atoms with E-state index in [0.717, 1.165) is 24.1 Å². The minimum atomic E-state index is 0.963. The van der Waals surface area contributed by atoms with Gasteiger partial charge < -0.3 is 4.48 Å². The van der Waals surface area contributed by atoms with Crippen molar-refractivity contribution >= 4 is 0 Å². The first kappa shape index (κ1) is 20.9. The summed E-state index contributed by atoms with van der Waals surface area (Å²) in [5.41, 5.74) is 4.07. The van der Waals surface area contributed by atoms with Crippen molar-refractivity contribution in [1.82, 2.24) is 4.90 Å². The molecule has 0 N–H and O–H groups in total. The Morgan fingerprint density at radius 2 is 0.704 bits per heavy atom. The van der Waals surface area contributed by atoms with E-state index in [2.05, 4.69) is 124 Å². The average molecular weight is 362 g/mol. The van der Waals surface area contributed by atoms with E-state index in [-0.39, 0.29) is 0 Å². The van der Waals surface area contributed by atoms with E-state index in [4.69, 9.17) is 0 Å². The minimum absolute atomic E-state index is 0.963. The molecule has 0 amide bonds. The van der Waals surface area contributed by atoms with Crippen LogP contribution in [0.2, 0.25) is 0 Å². The fraction of sp³-hybridized carbons (Fsp3) is 0.280. The molecular weight excluding hydrogens is 328 g/mol. The zero-order valence-electron chi connectivity index (χ0n) is 17.2. The van der Waals surface area contributed by atoms with Crippen LogP contribution in [0.1, 0.15) is 16.7 Å². The summed E-state index contributed by atoms with van der Waals surface area (Å²) in [5.74, 6) is 0. The molecule has 3 aromatic rings. The lowest BCUT2D eigenvalue weighted by molar-refractivity contribution is -0.849. The van der Waals surface area contributed by atoms with Gasteiger partial charge in [0.1, 0.15) is 0 Å². The molecule has 3 aromatic carbocycles. The molecule has 0 bridgehead atoms. The first-order chi connectivity index (χ1) is 12.9. The maximum Gasteiger partial charge on any atom is 0.0675 e.